The average molecular weight is 256 g/mol. The number of nitrogens with one attached hydrogen (secondary N) is 1. The lowest BCUT2D eigenvalue weighted by atomic mass is 9.90. The summed E-state index contributed by atoms with van der Waals surface area (Å²) < 4.78 is 5.45. The molecule has 1 amide bonds. The van der Waals surface area contributed by atoms with Crippen molar-refractivity contribution in [3.63, 3.8) is 0 Å². The summed E-state index contributed by atoms with van der Waals surface area (Å²) in [5.74, 6) is 0.335. The number of nitrogens with zero attached hydrogens (tertiary/aromatic N) is 1. The van der Waals surface area contributed by atoms with Gasteiger partial charge in [0.2, 0.25) is 0 Å². The van der Waals surface area contributed by atoms with Crippen LogP contribution >= 0.6 is 0 Å². The minimum atomic E-state index is -0.452. The normalized spacial score (nSPS) is 32.2. The van der Waals surface area contributed by atoms with E-state index in [0.717, 1.165) is 19.4 Å². The highest BCUT2D eigenvalue weighted by Crippen LogP contribution is 2.29. The van der Waals surface area contributed by atoms with Gasteiger partial charge in [0.25, 0.3) is 0 Å². The maximum absolute atomic E-state index is 12.2. The molecule has 3 fully saturated rings. The van der Waals surface area contributed by atoms with E-state index in [1.165, 1.54) is 0 Å². The van der Waals surface area contributed by atoms with Crippen LogP contribution in [0.25, 0.3) is 0 Å². The monoisotopic (exact) mass is 256 g/mol. The van der Waals surface area contributed by atoms with Gasteiger partial charge in [-0.3, -0.25) is 0 Å². The fraction of sp³-hybridized carbons (Fsp3) is 0.923. The number of ether oxygens (including phenoxy) is 1. The van der Waals surface area contributed by atoms with Crippen molar-refractivity contribution in [1.29, 1.82) is 0 Å². The lowest BCUT2D eigenvalue weighted by Gasteiger charge is -2.37. The molecule has 3 aliphatic rings. The molecule has 0 spiro atoms. The van der Waals surface area contributed by atoms with Crippen molar-refractivity contribution in [2.24, 2.45) is 5.92 Å². The Morgan fingerprint density at radius 1 is 1.44 bits per heavy atom. The van der Waals surface area contributed by atoms with Crippen LogP contribution in [0.3, 0.4) is 0 Å². The largest absolute Gasteiger partial charge is 0.444 e. The Balaban J connectivity index is 2.04. The Morgan fingerprint density at radius 3 is 2.78 bits per heavy atom. The van der Waals surface area contributed by atoms with Crippen LogP contribution in [0, 0.1) is 5.92 Å². The molecule has 0 aromatic heterocycles. The first kappa shape index (κ1) is 13.6. The molecule has 0 aromatic carbocycles. The van der Waals surface area contributed by atoms with Crippen LogP contribution in [-0.2, 0) is 4.74 Å². The topological polar surface area (TPSA) is 61.8 Å². The summed E-state index contributed by atoms with van der Waals surface area (Å²) >= 11 is 0. The van der Waals surface area contributed by atoms with Gasteiger partial charge in [-0.1, -0.05) is 0 Å². The van der Waals surface area contributed by atoms with Crippen LogP contribution in [0.2, 0.25) is 0 Å². The Bertz CT molecular complexity index is 314. The zero-order valence-corrected chi connectivity index (χ0v) is 11.5. The van der Waals surface area contributed by atoms with Crippen LogP contribution in [0.15, 0.2) is 0 Å². The highest BCUT2D eigenvalue weighted by molar-refractivity contribution is 5.68. The second kappa shape index (κ2) is 5.05. The van der Waals surface area contributed by atoms with Crippen molar-refractivity contribution in [3.8, 4) is 0 Å². The Labute approximate surface area is 108 Å². The van der Waals surface area contributed by atoms with Gasteiger partial charge in [-0.05, 0) is 39.5 Å². The van der Waals surface area contributed by atoms with E-state index in [1.807, 2.05) is 25.7 Å². The SMILES string of the molecule is CC(C)(C)OC(=O)N1C[C@H]2CC[C@@H]1CN[C@@H]2CO. The fourth-order valence-corrected chi connectivity index (χ4v) is 2.81. The first-order valence-electron chi connectivity index (χ1n) is 6.74. The molecule has 0 radical (unpaired) electrons. The van der Waals surface area contributed by atoms with E-state index in [0.29, 0.717) is 12.5 Å². The summed E-state index contributed by atoms with van der Waals surface area (Å²) in [6.45, 7) is 7.24. The molecule has 5 heteroatoms. The molecular formula is C13H24N2O3. The van der Waals surface area contributed by atoms with Gasteiger partial charge in [-0.25, -0.2) is 4.79 Å². The zero-order chi connectivity index (χ0) is 13.3. The molecule has 3 aliphatic heterocycles. The first-order chi connectivity index (χ1) is 8.40. The number of hydrogen-bond acceptors (Lipinski definition) is 4. The van der Waals surface area contributed by atoms with Crippen LogP contribution in [-0.4, -0.2) is 53.5 Å². The first-order valence-corrected chi connectivity index (χ1v) is 6.74. The van der Waals surface area contributed by atoms with Crippen molar-refractivity contribution in [2.75, 3.05) is 19.7 Å². The van der Waals surface area contributed by atoms with E-state index < -0.39 is 5.60 Å². The summed E-state index contributed by atoms with van der Waals surface area (Å²) in [6, 6.07) is 0.315. The van der Waals surface area contributed by atoms with Crippen LogP contribution in [0.4, 0.5) is 4.79 Å². The number of piperidine rings is 1. The predicted molar refractivity (Wildman–Crippen MR) is 68.3 cm³/mol. The Morgan fingerprint density at radius 2 is 2.17 bits per heavy atom. The second-order valence-corrected chi connectivity index (χ2v) is 6.32. The van der Waals surface area contributed by atoms with Gasteiger partial charge in [0, 0.05) is 25.2 Å². The van der Waals surface area contributed by atoms with Crippen LogP contribution in [0.1, 0.15) is 33.6 Å². The summed E-state index contributed by atoms with van der Waals surface area (Å²) in [4.78, 5) is 14.0. The molecule has 3 atom stereocenters. The molecule has 2 bridgehead atoms. The van der Waals surface area contributed by atoms with E-state index in [-0.39, 0.29) is 24.8 Å². The minimum absolute atomic E-state index is 0.113. The van der Waals surface area contributed by atoms with E-state index in [1.54, 1.807) is 0 Å². The molecule has 104 valence electrons. The number of hydrogen-bond donors (Lipinski definition) is 2. The van der Waals surface area contributed by atoms with Gasteiger partial charge in [0.15, 0.2) is 0 Å². The van der Waals surface area contributed by atoms with Crippen molar-refractivity contribution >= 4 is 6.09 Å². The summed E-state index contributed by atoms with van der Waals surface area (Å²) in [7, 11) is 0. The van der Waals surface area contributed by atoms with Gasteiger partial charge in [-0.15, -0.1) is 0 Å². The van der Waals surface area contributed by atoms with Crippen LogP contribution in [0.5, 0.6) is 0 Å². The lowest BCUT2D eigenvalue weighted by Crippen LogP contribution is -2.49. The Kier molecular flexibility index (Phi) is 3.82. The fourth-order valence-electron chi connectivity index (χ4n) is 2.81. The number of aliphatic hydroxyl groups excluding tert-OH is 1. The number of carbonyl (C=O) groups excluding carboxylic acids is 1. The summed E-state index contributed by atoms with van der Waals surface area (Å²) in [6.07, 6.45) is 1.84. The molecule has 0 aliphatic carbocycles. The van der Waals surface area contributed by atoms with E-state index in [9.17, 15) is 9.90 Å². The number of rotatable bonds is 1. The maximum atomic E-state index is 12.2. The van der Waals surface area contributed by atoms with Crippen molar-refractivity contribution in [2.45, 2.75) is 51.3 Å². The molecule has 0 aromatic rings. The number of carbonyl (C=O) groups is 1. The number of aliphatic hydroxyl groups is 1. The van der Waals surface area contributed by atoms with Gasteiger partial charge < -0.3 is 20.1 Å². The predicted octanol–water partition coefficient (Wildman–Crippen LogP) is 0.966. The molecule has 3 saturated heterocycles. The van der Waals surface area contributed by atoms with E-state index in [4.69, 9.17) is 4.74 Å². The highest BCUT2D eigenvalue weighted by atomic mass is 16.6. The van der Waals surface area contributed by atoms with E-state index in [2.05, 4.69) is 5.32 Å². The zero-order valence-electron chi connectivity index (χ0n) is 11.5. The highest BCUT2D eigenvalue weighted by Gasteiger charge is 2.39. The quantitative estimate of drug-likeness (QED) is 0.734. The summed E-state index contributed by atoms with van der Waals surface area (Å²) in [5, 5.41) is 12.7. The van der Waals surface area contributed by atoms with Gasteiger partial charge >= 0.3 is 6.09 Å². The molecule has 0 unspecified atom stereocenters. The molecule has 5 nitrogen and oxygen atoms in total. The van der Waals surface area contributed by atoms with Crippen molar-refractivity contribution < 1.29 is 14.6 Å². The molecule has 0 saturated carbocycles. The van der Waals surface area contributed by atoms with Crippen LogP contribution < -0.4 is 5.32 Å². The van der Waals surface area contributed by atoms with E-state index >= 15 is 0 Å². The maximum Gasteiger partial charge on any atom is 0.410 e. The second-order valence-electron chi connectivity index (χ2n) is 6.32. The van der Waals surface area contributed by atoms with Gasteiger partial charge in [0.05, 0.1) is 6.61 Å². The third-order valence-electron chi connectivity index (χ3n) is 3.75. The number of fused-ring (bicyclic) bond motifs is 4. The van der Waals surface area contributed by atoms with Crippen molar-refractivity contribution in [1.82, 2.24) is 10.2 Å². The van der Waals surface area contributed by atoms with Gasteiger partial charge in [0.1, 0.15) is 5.60 Å². The number of amides is 1. The molecule has 3 rings (SSSR count). The summed E-state index contributed by atoms with van der Waals surface area (Å²) in [5.41, 5.74) is -0.452. The molecular weight excluding hydrogens is 232 g/mol. The van der Waals surface area contributed by atoms with Gasteiger partial charge in [-0.2, -0.15) is 0 Å². The smallest absolute Gasteiger partial charge is 0.410 e. The molecule has 2 N–H and O–H groups in total. The molecule has 3 heterocycles. The lowest BCUT2D eigenvalue weighted by molar-refractivity contribution is 0.00627. The third-order valence-corrected chi connectivity index (χ3v) is 3.75. The minimum Gasteiger partial charge on any atom is -0.444 e. The standard InChI is InChI=1S/C13H24N2O3/c1-13(2,3)18-12(17)15-7-9-4-5-10(15)6-14-11(9)8-16/h9-11,14,16H,4-8H2,1-3H3/t9-,10-,11-/m1/s1. The van der Waals surface area contributed by atoms with Crippen molar-refractivity contribution in [3.05, 3.63) is 0 Å². The average Bonchev–Trinajstić information content (AvgIpc) is 2.57. The molecule has 18 heavy (non-hydrogen) atoms. The Hall–Kier alpha value is -0.810. The third kappa shape index (κ3) is 2.95.